The van der Waals surface area contributed by atoms with E-state index in [1.807, 2.05) is 6.20 Å². The van der Waals surface area contributed by atoms with Gasteiger partial charge >= 0.3 is 0 Å². The highest BCUT2D eigenvalue weighted by atomic mass is 14.8. The maximum atomic E-state index is 3.54. The van der Waals surface area contributed by atoms with Crippen molar-refractivity contribution in [2.24, 2.45) is 0 Å². The van der Waals surface area contributed by atoms with Gasteiger partial charge in [-0.15, -0.1) is 0 Å². The molecular formula is C61H45N. The van der Waals surface area contributed by atoms with Crippen molar-refractivity contribution < 1.29 is 0 Å². The SMILES string of the molecule is CC1(C)c2ccccc2-c2ccc(-c3ccc(\C=C/C(=C\C=C\Nc4ccc(-c5cc6ccccc6c6ccccc56)cc4)c4cc5ccccc5c5ccccc45)cc3)cc21. The van der Waals surface area contributed by atoms with Crippen LogP contribution in [-0.4, -0.2) is 0 Å². The lowest BCUT2D eigenvalue weighted by atomic mass is 9.81. The standard InChI is InChI=1S/C61H45N/c1-61(2)59-24-12-11-23-55(59)56-36-33-45(40-60(56)61)42-28-25-41(26-29-42)27-30-43(57-38-46-14-3-5-17-49(46)51-19-7-9-21-53(51)57)16-13-37-62-48-34-31-44(32-35-48)58-39-47-15-4-6-18-50(47)52-20-8-10-22-54(52)58/h3-40,62H,1-2H3/b30-27-,37-13+,43-16+. The summed E-state index contributed by atoms with van der Waals surface area (Å²) in [5.74, 6) is 0. The maximum absolute atomic E-state index is 3.54. The molecule has 1 N–H and O–H groups in total. The molecule has 11 rings (SSSR count). The van der Waals surface area contributed by atoms with Crippen LogP contribution in [0.25, 0.3) is 88.1 Å². The van der Waals surface area contributed by atoms with E-state index in [1.165, 1.54) is 93.2 Å². The van der Waals surface area contributed by atoms with E-state index in [0.717, 1.165) is 16.8 Å². The van der Waals surface area contributed by atoms with Crippen molar-refractivity contribution in [1.82, 2.24) is 0 Å². The van der Waals surface area contributed by atoms with Gasteiger partial charge in [-0.3, -0.25) is 0 Å². The van der Waals surface area contributed by atoms with E-state index in [4.69, 9.17) is 0 Å². The summed E-state index contributed by atoms with van der Waals surface area (Å²) in [6.45, 7) is 4.69. The van der Waals surface area contributed by atoms with Crippen LogP contribution in [0.2, 0.25) is 0 Å². The topological polar surface area (TPSA) is 12.0 Å². The van der Waals surface area contributed by atoms with Crippen LogP contribution in [0.3, 0.4) is 0 Å². The van der Waals surface area contributed by atoms with Crippen LogP contribution >= 0.6 is 0 Å². The molecule has 1 aliphatic rings. The summed E-state index contributed by atoms with van der Waals surface area (Å²) < 4.78 is 0. The van der Waals surface area contributed by atoms with Crippen molar-refractivity contribution >= 4 is 60.4 Å². The molecule has 0 spiro atoms. The molecule has 0 aromatic heterocycles. The fourth-order valence-electron chi connectivity index (χ4n) is 9.72. The van der Waals surface area contributed by atoms with Crippen LogP contribution in [0.15, 0.2) is 225 Å². The second-order valence-electron chi connectivity index (χ2n) is 17.0. The quantitative estimate of drug-likeness (QED) is 0.119. The minimum absolute atomic E-state index is 0.0248. The fourth-order valence-corrected chi connectivity index (χ4v) is 9.72. The van der Waals surface area contributed by atoms with Crippen molar-refractivity contribution in [2.45, 2.75) is 19.3 Å². The molecule has 0 heterocycles. The molecule has 0 fully saturated rings. The van der Waals surface area contributed by atoms with Gasteiger partial charge in [0.25, 0.3) is 0 Å². The van der Waals surface area contributed by atoms with E-state index in [9.17, 15) is 0 Å². The molecule has 0 atom stereocenters. The second kappa shape index (κ2) is 15.4. The lowest BCUT2D eigenvalue weighted by molar-refractivity contribution is 0.660. The zero-order valence-corrected chi connectivity index (χ0v) is 34.9. The average molecular weight is 792 g/mol. The zero-order chi connectivity index (χ0) is 41.6. The largest absolute Gasteiger partial charge is 0.362 e. The molecule has 0 unspecified atom stereocenters. The van der Waals surface area contributed by atoms with Crippen molar-refractivity contribution in [2.75, 3.05) is 5.32 Å². The molecule has 0 saturated carbocycles. The minimum atomic E-state index is -0.0248. The number of hydrogen-bond donors (Lipinski definition) is 1. The highest BCUT2D eigenvalue weighted by molar-refractivity contribution is 6.14. The molecule has 10 aromatic carbocycles. The Hall–Kier alpha value is -7.74. The first kappa shape index (κ1) is 37.3. The van der Waals surface area contributed by atoms with Crippen molar-refractivity contribution in [3.05, 3.63) is 247 Å². The predicted octanol–water partition coefficient (Wildman–Crippen LogP) is 16.7. The lowest BCUT2D eigenvalue weighted by Gasteiger charge is -2.22. The molecule has 0 saturated heterocycles. The average Bonchev–Trinajstić information content (AvgIpc) is 3.56. The zero-order valence-electron chi connectivity index (χ0n) is 34.9. The molecular weight excluding hydrogens is 747 g/mol. The van der Waals surface area contributed by atoms with E-state index >= 15 is 0 Å². The van der Waals surface area contributed by atoms with Crippen LogP contribution in [0, 0.1) is 0 Å². The monoisotopic (exact) mass is 791 g/mol. The first-order valence-corrected chi connectivity index (χ1v) is 21.6. The van der Waals surface area contributed by atoms with Crippen LogP contribution in [0.4, 0.5) is 5.69 Å². The molecule has 0 radical (unpaired) electrons. The summed E-state index contributed by atoms with van der Waals surface area (Å²) in [5.41, 5.74) is 14.9. The number of allylic oxidation sites excluding steroid dienone is 4. The highest BCUT2D eigenvalue weighted by Crippen LogP contribution is 2.49. The Morgan fingerprint density at radius 2 is 1.00 bits per heavy atom. The summed E-state index contributed by atoms with van der Waals surface area (Å²) >= 11 is 0. The maximum Gasteiger partial charge on any atom is 0.0380 e. The normalized spacial score (nSPS) is 13.4. The van der Waals surface area contributed by atoms with Gasteiger partial charge in [0.05, 0.1) is 0 Å². The Morgan fingerprint density at radius 3 is 1.74 bits per heavy atom. The van der Waals surface area contributed by atoms with Gasteiger partial charge in [0, 0.05) is 17.3 Å². The summed E-state index contributed by atoms with van der Waals surface area (Å²) in [4.78, 5) is 0. The number of benzene rings is 10. The Morgan fingerprint density at radius 1 is 0.435 bits per heavy atom. The predicted molar refractivity (Wildman–Crippen MR) is 268 cm³/mol. The van der Waals surface area contributed by atoms with Crippen molar-refractivity contribution in [1.29, 1.82) is 0 Å². The Bertz CT molecular complexity index is 3430. The van der Waals surface area contributed by atoms with E-state index < -0.39 is 0 Å². The lowest BCUT2D eigenvalue weighted by Crippen LogP contribution is -2.14. The molecule has 1 aliphatic carbocycles. The molecule has 1 nitrogen and oxygen atoms in total. The summed E-state index contributed by atoms with van der Waals surface area (Å²) in [6, 6.07) is 73.0. The third kappa shape index (κ3) is 6.60. The number of rotatable bonds is 8. The van der Waals surface area contributed by atoms with Crippen molar-refractivity contribution in [3.63, 3.8) is 0 Å². The van der Waals surface area contributed by atoms with Crippen LogP contribution in [-0.2, 0) is 5.41 Å². The van der Waals surface area contributed by atoms with Crippen LogP contribution in [0.5, 0.6) is 0 Å². The molecule has 62 heavy (non-hydrogen) atoms. The van der Waals surface area contributed by atoms with E-state index in [2.05, 4.69) is 244 Å². The molecule has 0 amide bonds. The van der Waals surface area contributed by atoms with Gasteiger partial charge in [-0.2, -0.15) is 0 Å². The van der Waals surface area contributed by atoms with E-state index in [-0.39, 0.29) is 5.41 Å². The third-order valence-corrected chi connectivity index (χ3v) is 12.9. The van der Waals surface area contributed by atoms with Gasteiger partial charge in [-0.25, -0.2) is 0 Å². The number of hydrogen-bond acceptors (Lipinski definition) is 1. The number of fused-ring (bicyclic) bond motifs is 9. The summed E-state index contributed by atoms with van der Waals surface area (Å²) in [6.07, 6.45) is 10.9. The van der Waals surface area contributed by atoms with Gasteiger partial charge in [0.1, 0.15) is 0 Å². The first-order chi connectivity index (χ1) is 30.5. The highest BCUT2D eigenvalue weighted by Gasteiger charge is 2.35. The Kier molecular flexibility index (Phi) is 9.24. The smallest absolute Gasteiger partial charge is 0.0380 e. The van der Waals surface area contributed by atoms with Crippen molar-refractivity contribution in [3.8, 4) is 33.4 Å². The number of anilines is 1. The van der Waals surface area contributed by atoms with Gasteiger partial charge in [-0.1, -0.05) is 202 Å². The Labute approximate surface area is 363 Å². The van der Waals surface area contributed by atoms with Crippen LogP contribution < -0.4 is 5.32 Å². The summed E-state index contributed by atoms with van der Waals surface area (Å²) in [7, 11) is 0. The molecule has 294 valence electrons. The molecule has 10 aromatic rings. The van der Waals surface area contributed by atoms with E-state index in [1.54, 1.807) is 0 Å². The third-order valence-electron chi connectivity index (χ3n) is 12.9. The van der Waals surface area contributed by atoms with Crippen LogP contribution in [0.1, 0.15) is 36.1 Å². The van der Waals surface area contributed by atoms with Gasteiger partial charge < -0.3 is 5.32 Å². The number of nitrogens with one attached hydrogen (secondary N) is 1. The first-order valence-electron chi connectivity index (χ1n) is 21.6. The minimum Gasteiger partial charge on any atom is -0.362 e. The van der Waals surface area contributed by atoms with Gasteiger partial charge in [0.2, 0.25) is 0 Å². The Balaban J connectivity index is 0.894. The van der Waals surface area contributed by atoms with E-state index in [0.29, 0.717) is 0 Å². The van der Waals surface area contributed by atoms with Gasteiger partial charge in [-0.05, 0) is 141 Å². The molecule has 0 aliphatic heterocycles. The second-order valence-corrected chi connectivity index (χ2v) is 17.0. The van der Waals surface area contributed by atoms with Gasteiger partial charge in [0.15, 0.2) is 0 Å². The molecule has 0 bridgehead atoms. The molecule has 1 heteroatoms. The summed E-state index contributed by atoms with van der Waals surface area (Å²) in [5, 5.41) is 13.6. The fraction of sp³-hybridized carbons (Fsp3) is 0.0492.